The summed E-state index contributed by atoms with van der Waals surface area (Å²) in [5, 5.41) is 0. The third-order valence-corrected chi connectivity index (χ3v) is 2.52. The fourth-order valence-electron chi connectivity index (χ4n) is 1.21. The average Bonchev–Trinajstić information content (AvgIpc) is 1.97. The second-order valence-corrected chi connectivity index (χ2v) is 3.48. The molecule has 0 aromatic rings. The Morgan fingerprint density at radius 2 is 1.80 bits per heavy atom. The minimum atomic E-state index is 0.157. The predicted molar refractivity (Wildman–Crippen MR) is 44.8 cm³/mol. The second kappa shape index (κ2) is 1.87. The molecular formula is C10H14. The summed E-state index contributed by atoms with van der Waals surface area (Å²) in [7, 11) is 0. The lowest BCUT2D eigenvalue weighted by Crippen LogP contribution is -2.11. The van der Waals surface area contributed by atoms with Crippen LogP contribution in [0, 0.1) is 5.41 Å². The molecule has 0 radical (unpaired) electrons. The number of hydrogen-bond donors (Lipinski definition) is 0. The first-order valence-corrected chi connectivity index (χ1v) is 3.60. The zero-order valence-corrected chi connectivity index (χ0v) is 7.21. The van der Waals surface area contributed by atoms with E-state index in [1.807, 2.05) is 0 Å². The van der Waals surface area contributed by atoms with Gasteiger partial charge in [0.05, 0.1) is 0 Å². The third-order valence-electron chi connectivity index (χ3n) is 2.52. The molecule has 0 fully saturated rings. The van der Waals surface area contributed by atoms with Gasteiger partial charge in [-0.15, -0.1) is 5.73 Å². The van der Waals surface area contributed by atoms with Crippen LogP contribution in [-0.4, -0.2) is 0 Å². The molecule has 0 heteroatoms. The van der Waals surface area contributed by atoms with Crippen LogP contribution in [0.15, 0.2) is 29.0 Å². The SMILES string of the molecule is C=C1C(C)=C=C(C)C1(C)C. The van der Waals surface area contributed by atoms with Crippen molar-refractivity contribution in [1.29, 1.82) is 0 Å². The van der Waals surface area contributed by atoms with Gasteiger partial charge in [0.25, 0.3) is 0 Å². The van der Waals surface area contributed by atoms with Gasteiger partial charge in [-0.05, 0) is 30.6 Å². The maximum atomic E-state index is 4.02. The molecule has 0 spiro atoms. The van der Waals surface area contributed by atoms with Crippen LogP contribution in [0.25, 0.3) is 0 Å². The molecule has 1 aliphatic rings. The van der Waals surface area contributed by atoms with Crippen molar-refractivity contribution in [2.75, 3.05) is 0 Å². The molecule has 0 saturated heterocycles. The van der Waals surface area contributed by atoms with Crippen LogP contribution in [0.4, 0.5) is 0 Å². The Morgan fingerprint density at radius 1 is 1.30 bits per heavy atom. The molecule has 0 atom stereocenters. The molecule has 0 saturated carbocycles. The van der Waals surface area contributed by atoms with Crippen LogP contribution in [0.2, 0.25) is 0 Å². The van der Waals surface area contributed by atoms with Crippen LogP contribution in [0.3, 0.4) is 0 Å². The largest absolute Gasteiger partial charge is 0.118 e. The zero-order chi connectivity index (χ0) is 7.94. The van der Waals surface area contributed by atoms with Crippen molar-refractivity contribution < 1.29 is 0 Å². The van der Waals surface area contributed by atoms with Crippen LogP contribution in [0.1, 0.15) is 27.7 Å². The Kier molecular flexibility index (Phi) is 1.38. The lowest BCUT2D eigenvalue weighted by Gasteiger charge is -2.22. The first kappa shape index (κ1) is 7.37. The van der Waals surface area contributed by atoms with Gasteiger partial charge >= 0.3 is 0 Å². The van der Waals surface area contributed by atoms with Crippen molar-refractivity contribution in [2.45, 2.75) is 27.7 Å². The molecule has 0 aromatic carbocycles. The van der Waals surface area contributed by atoms with E-state index in [-0.39, 0.29) is 5.41 Å². The van der Waals surface area contributed by atoms with Crippen molar-refractivity contribution in [3.8, 4) is 0 Å². The van der Waals surface area contributed by atoms with Crippen molar-refractivity contribution in [3.63, 3.8) is 0 Å². The number of rotatable bonds is 0. The van der Waals surface area contributed by atoms with Gasteiger partial charge in [-0.2, -0.15) is 0 Å². The molecule has 0 heterocycles. The van der Waals surface area contributed by atoms with E-state index in [0.717, 1.165) is 0 Å². The van der Waals surface area contributed by atoms with E-state index in [2.05, 4.69) is 40.0 Å². The lowest BCUT2D eigenvalue weighted by molar-refractivity contribution is 0.562. The molecule has 0 nitrogen and oxygen atoms in total. The van der Waals surface area contributed by atoms with E-state index in [1.54, 1.807) is 0 Å². The summed E-state index contributed by atoms with van der Waals surface area (Å²) >= 11 is 0. The first-order valence-electron chi connectivity index (χ1n) is 3.60. The number of hydrogen-bond acceptors (Lipinski definition) is 0. The maximum Gasteiger partial charge on any atom is 0.0181 e. The van der Waals surface area contributed by atoms with E-state index in [1.165, 1.54) is 16.7 Å². The van der Waals surface area contributed by atoms with Crippen LogP contribution in [0.5, 0.6) is 0 Å². The summed E-state index contributed by atoms with van der Waals surface area (Å²) in [6.07, 6.45) is 0. The molecule has 1 rings (SSSR count). The smallest absolute Gasteiger partial charge is 0.0181 e. The molecule has 54 valence electrons. The van der Waals surface area contributed by atoms with Gasteiger partial charge in [0.2, 0.25) is 0 Å². The Balaban J connectivity index is 3.16. The van der Waals surface area contributed by atoms with E-state index < -0.39 is 0 Å². The van der Waals surface area contributed by atoms with Gasteiger partial charge in [0.15, 0.2) is 0 Å². The Labute approximate surface area is 62.9 Å². The van der Waals surface area contributed by atoms with E-state index in [0.29, 0.717) is 0 Å². The average molecular weight is 134 g/mol. The van der Waals surface area contributed by atoms with E-state index in [9.17, 15) is 0 Å². The van der Waals surface area contributed by atoms with Crippen molar-refractivity contribution in [2.24, 2.45) is 5.41 Å². The van der Waals surface area contributed by atoms with Crippen molar-refractivity contribution >= 4 is 0 Å². The lowest BCUT2D eigenvalue weighted by atomic mass is 9.81. The molecule has 0 amide bonds. The summed E-state index contributed by atoms with van der Waals surface area (Å²) in [6, 6.07) is 0. The van der Waals surface area contributed by atoms with Gasteiger partial charge in [-0.1, -0.05) is 20.4 Å². The Hall–Kier alpha value is -0.740. The highest BCUT2D eigenvalue weighted by Gasteiger charge is 2.28. The quantitative estimate of drug-likeness (QED) is 0.447. The topological polar surface area (TPSA) is 0 Å². The highest BCUT2D eigenvalue weighted by molar-refractivity contribution is 5.44. The summed E-state index contributed by atoms with van der Waals surface area (Å²) in [6.45, 7) is 12.6. The van der Waals surface area contributed by atoms with Crippen LogP contribution < -0.4 is 0 Å². The fraction of sp³-hybridized carbons (Fsp3) is 0.500. The molecule has 10 heavy (non-hydrogen) atoms. The van der Waals surface area contributed by atoms with Crippen molar-refractivity contribution in [1.82, 2.24) is 0 Å². The third kappa shape index (κ3) is 0.767. The van der Waals surface area contributed by atoms with Gasteiger partial charge < -0.3 is 0 Å². The molecule has 0 aromatic heterocycles. The van der Waals surface area contributed by atoms with E-state index >= 15 is 0 Å². The minimum Gasteiger partial charge on any atom is -0.118 e. The molecule has 0 N–H and O–H groups in total. The van der Waals surface area contributed by atoms with Gasteiger partial charge in [-0.3, -0.25) is 0 Å². The standard InChI is InChI=1S/C10H14/c1-7-6-8(2)10(4,5)9(7)3/h3H2,1-2,4-5H3. The Bertz CT molecular complexity index is 245. The molecular weight excluding hydrogens is 120 g/mol. The molecule has 1 aliphatic carbocycles. The zero-order valence-electron chi connectivity index (χ0n) is 7.21. The van der Waals surface area contributed by atoms with Gasteiger partial charge in [-0.25, -0.2) is 0 Å². The highest BCUT2D eigenvalue weighted by atomic mass is 14.3. The highest BCUT2D eigenvalue weighted by Crippen LogP contribution is 2.40. The fourth-order valence-corrected chi connectivity index (χ4v) is 1.21. The molecule has 0 bridgehead atoms. The normalized spacial score (nSPS) is 22.6. The summed E-state index contributed by atoms with van der Waals surface area (Å²) in [4.78, 5) is 0. The molecule has 0 unspecified atom stereocenters. The summed E-state index contributed by atoms with van der Waals surface area (Å²) < 4.78 is 0. The monoisotopic (exact) mass is 134 g/mol. The maximum absolute atomic E-state index is 4.02. The Morgan fingerprint density at radius 3 is 1.90 bits per heavy atom. The number of allylic oxidation sites excluding steroid dienone is 2. The summed E-state index contributed by atoms with van der Waals surface area (Å²) in [5.41, 5.74) is 7.17. The summed E-state index contributed by atoms with van der Waals surface area (Å²) in [5.74, 6) is 0. The van der Waals surface area contributed by atoms with Gasteiger partial charge in [0.1, 0.15) is 0 Å². The van der Waals surface area contributed by atoms with Crippen LogP contribution in [-0.2, 0) is 0 Å². The second-order valence-electron chi connectivity index (χ2n) is 3.48. The first-order chi connectivity index (χ1) is 4.46. The van der Waals surface area contributed by atoms with Crippen LogP contribution >= 0.6 is 0 Å². The van der Waals surface area contributed by atoms with Gasteiger partial charge in [0, 0.05) is 5.41 Å². The van der Waals surface area contributed by atoms with E-state index in [4.69, 9.17) is 0 Å². The van der Waals surface area contributed by atoms with Crippen molar-refractivity contribution in [3.05, 3.63) is 29.0 Å². The predicted octanol–water partition coefficient (Wildman–Crippen LogP) is 3.07. The minimum absolute atomic E-state index is 0.157. The molecule has 0 aliphatic heterocycles.